The molecule has 0 N–H and O–H groups in total. The van der Waals surface area contributed by atoms with Crippen LogP contribution in [-0.4, -0.2) is 40.3 Å². The van der Waals surface area contributed by atoms with Crippen molar-refractivity contribution < 1.29 is 22.7 Å². The first-order valence-corrected chi connectivity index (χ1v) is 7.89. The smallest absolute Gasteiger partial charge is 0.433 e. The van der Waals surface area contributed by atoms with E-state index in [0.29, 0.717) is 0 Å². The zero-order valence-electron chi connectivity index (χ0n) is 13.0. The SMILES string of the molecule is Cn1nc(OC[C@@H]2CC[C@@H]2C(=O)N2CCCC2)cc1C(F)(F)F. The monoisotopic (exact) mass is 331 g/mol. The third-order valence-corrected chi connectivity index (χ3v) is 4.75. The van der Waals surface area contributed by atoms with Gasteiger partial charge in [0.2, 0.25) is 11.8 Å². The molecule has 2 fully saturated rings. The van der Waals surface area contributed by atoms with Crippen LogP contribution in [0.15, 0.2) is 6.07 Å². The van der Waals surface area contributed by atoms with Crippen LogP contribution in [0, 0.1) is 11.8 Å². The van der Waals surface area contributed by atoms with Crippen LogP contribution < -0.4 is 4.74 Å². The van der Waals surface area contributed by atoms with E-state index in [2.05, 4.69) is 5.10 Å². The lowest BCUT2D eigenvalue weighted by molar-refractivity contribution is -0.143. The highest BCUT2D eigenvalue weighted by Crippen LogP contribution is 2.37. The number of nitrogens with zero attached hydrogens (tertiary/aromatic N) is 3. The lowest BCUT2D eigenvalue weighted by Crippen LogP contribution is -2.44. The summed E-state index contributed by atoms with van der Waals surface area (Å²) in [6, 6.07) is 0.899. The van der Waals surface area contributed by atoms with Crippen LogP contribution in [0.4, 0.5) is 13.2 Å². The molecule has 0 aromatic carbocycles. The molecule has 2 atom stereocenters. The van der Waals surface area contributed by atoms with Gasteiger partial charge in [-0.1, -0.05) is 0 Å². The number of aromatic nitrogens is 2. The minimum atomic E-state index is -4.45. The summed E-state index contributed by atoms with van der Waals surface area (Å²) in [7, 11) is 1.23. The molecule has 23 heavy (non-hydrogen) atoms. The van der Waals surface area contributed by atoms with E-state index in [9.17, 15) is 18.0 Å². The summed E-state index contributed by atoms with van der Waals surface area (Å²) < 4.78 is 44.3. The van der Waals surface area contributed by atoms with Gasteiger partial charge in [-0.15, -0.1) is 5.10 Å². The molecule has 1 saturated carbocycles. The predicted molar refractivity (Wildman–Crippen MR) is 75.7 cm³/mol. The number of hydrogen-bond acceptors (Lipinski definition) is 3. The zero-order chi connectivity index (χ0) is 16.6. The van der Waals surface area contributed by atoms with E-state index in [0.717, 1.165) is 49.5 Å². The molecular formula is C15H20F3N3O2. The molecule has 0 bridgehead atoms. The summed E-state index contributed by atoms with van der Waals surface area (Å²) in [6.45, 7) is 1.87. The molecule has 8 heteroatoms. The van der Waals surface area contributed by atoms with Crippen molar-refractivity contribution in [2.24, 2.45) is 18.9 Å². The third-order valence-electron chi connectivity index (χ3n) is 4.75. The summed E-state index contributed by atoms with van der Waals surface area (Å²) in [5, 5.41) is 3.73. The second-order valence-corrected chi connectivity index (χ2v) is 6.28. The van der Waals surface area contributed by atoms with Gasteiger partial charge >= 0.3 is 6.18 Å². The molecule has 3 rings (SSSR count). The van der Waals surface area contributed by atoms with Crippen molar-refractivity contribution in [3.8, 4) is 5.88 Å². The van der Waals surface area contributed by atoms with Crippen LogP contribution in [0.5, 0.6) is 5.88 Å². The van der Waals surface area contributed by atoms with Gasteiger partial charge in [-0.2, -0.15) is 13.2 Å². The zero-order valence-corrected chi connectivity index (χ0v) is 13.0. The molecule has 2 heterocycles. The summed E-state index contributed by atoms with van der Waals surface area (Å²) >= 11 is 0. The topological polar surface area (TPSA) is 47.4 Å². The number of carbonyl (C=O) groups excluding carboxylic acids is 1. The van der Waals surface area contributed by atoms with Crippen LogP contribution in [0.2, 0.25) is 0 Å². The van der Waals surface area contributed by atoms with Crippen molar-refractivity contribution in [1.29, 1.82) is 0 Å². The van der Waals surface area contributed by atoms with Crippen molar-refractivity contribution in [3.05, 3.63) is 11.8 Å². The molecule has 5 nitrogen and oxygen atoms in total. The lowest BCUT2D eigenvalue weighted by Gasteiger charge is -2.37. The minimum Gasteiger partial charge on any atom is -0.476 e. The number of amides is 1. The summed E-state index contributed by atoms with van der Waals surface area (Å²) in [6.07, 6.45) is -0.655. The largest absolute Gasteiger partial charge is 0.476 e. The predicted octanol–water partition coefficient (Wildman–Crippen LogP) is 2.47. The molecule has 1 aromatic rings. The van der Waals surface area contributed by atoms with Gasteiger partial charge in [0.15, 0.2) is 0 Å². The first-order valence-electron chi connectivity index (χ1n) is 7.89. The first-order chi connectivity index (χ1) is 10.9. The molecular weight excluding hydrogens is 311 g/mol. The molecule has 1 aliphatic carbocycles. The second kappa shape index (κ2) is 6.05. The summed E-state index contributed by atoms with van der Waals surface area (Å²) in [4.78, 5) is 14.2. The number of alkyl halides is 3. The van der Waals surface area contributed by atoms with Gasteiger partial charge in [0.1, 0.15) is 5.69 Å². The van der Waals surface area contributed by atoms with Gasteiger partial charge in [-0.05, 0) is 25.7 Å². The highest BCUT2D eigenvalue weighted by molar-refractivity contribution is 5.80. The van der Waals surface area contributed by atoms with Gasteiger partial charge in [-0.3, -0.25) is 9.48 Å². The Bertz CT molecular complexity index is 579. The number of halogens is 3. The molecule has 1 amide bonds. The van der Waals surface area contributed by atoms with E-state index in [1.165, 1.54) is 7.05 Å². The van der Waals surface area contributed by atoms with Crippen LogP contribution >= 0.6 is 0 Å². The van der Waals surface area contributed by atoms with Crippen molar-refractivity contribution in [2.75, 3.05) is 19.7 Å². The number of hydrogen-bond donors (Lipinski definition) is 0. The molecule has 0 radical (unpaired) electrons. The van der Waals surface area contributed by atoms with Crippen LogP contribution in [0.1, 0.15) is 31.4 Å². The quantitative estimate of drug-likeness (QED) is 0.851. The Balaban J connectivity index is 1.55. The minimum absolute atomic E-state index is 0.0425. The Morgan fingerprint density at radius 2 is 2.04 bits per heavy atom. The van der Waals surface area contributed by atoms with Crippen LogP contribution in [0.25, 0.3) is 0 Å². The fraction of sp³-hybridized carbons (Fsp3) is 0.733. The Morgan fingerprint density at radius 3 is 2.57 bits per heavy atom. The van der Waals surface area contributed by atoms with E-state index in [-0.39, 0.29) is 30.2 Å². The Kier molecular flexibility index (Phi) is 4.25. The van der Waals surface area contributed by atoms with Gasteiger partial charge in [0.05, 0.1) is 6.61 Å². The Hall–Kier alpha value is -1.73. The normalized spacial score (nSPS) is 24.6. The van der Waals surface area contributed by atoms with Gasteiger partial charge < -0.3 is 9.64 Å². The maximum Gasteiger partial charge on any atom is 0.433 e. The van der Waals surface area contributed by atoms with E-state index in [1.807, 2.05) is 4.90 Å². The number of aryl methyl sites for hydroxylation is 1. The number of carbonyl (C=O) groups is 1. The molecule has 0 unspecified atom stereocenters. The molecule has 2 aliphatic rings. The number of rotatable bonds is 4. The van der Waals surface area contributed by atoms with E-state index in [1.54, 1.807) is 0 Å². The molecule has 1 aliphatic heterocycles. The maximum atomic E-state index is 12.7. The van der Waals surface area contributed by atoms with E-state index >= 15 is 0 Å². The van der Waals surface area contributed by atoms with Gasteiger partial charge in [0, 0.05) is 38.0 Å². The summed E-state index contributed by atoms with van der Waals surface area (Å²) in [5.41, 5.74) is -0.842. The average Bonchev–Trinajstić information content (AvgIpc) is 3.06. The third kappa shape index (κ3) is 3.30. The van der Waals surface area contributed by atoms with Crippen molar-refractivity contribution in [3.63, 3.8) is 0 Å². The maximum absolute atomic E-state index is 12.7. The first kappa shape index (κ1) is 16.1. The highest BCUT2D eigenvalue weighted by atomic mass is 19.4. The van der Waals surface area contributed by atoms with Crippen molar-refractivity contribution >= 4 is 5.91 Å². The highest BCUT2D eigenvalue weighted by Gasteiger charge is 2.40. The van der Waals surface area contributed by atoms with Crippen molar-refractivity contribution in [2.45, 2.75) is 31.9 Å². The average molecular weight is 331 g/mol. The summed E-state index contributed by atoms with van der Waals surface area (Å²) in [5.74, 6) is 0.136. The van der Waals surface area contributed by atoms with E-state index in [4.69, 9.17) is 4.74 Å². The number of likely N-dealkylation sites (tertiary alicyclic amines) is 1. The van der Waals surface area contributed by atoms with Crippen molar-refractivity contribution in [1.82, 2.24) is 14.7 Å². The lowest BCUT2D eigenvalue weighted by atomic mass is 9.73. The van der Waals surface area contributed by atoms with Gasteiger partial charge in [-0.25, -0.2) is 0 Å². The molecule has 0 spiro atoms. The second-order valence-electron chi connectivity index (χ2n) is 6.28. The Labute approximate surface area is 132 Å². The molecule has 1 saturated heterocycles. The standard InChI is InChI=1S/C15H20F3N3O2/c1-20-12(15(16,17)18)8-13(19-20)23-9-10-4-5-11(10)14(22)21-6-2-3-7-21/h8,10-11H,2-7,9H2,1H3/t10-,11-/m0/s1. The fourth-order valence-electron chi connectivity index (χ4n) is 3.23. The van der Waals surface area contributed by atoms with Crippen LogP contribution in [-0.2, 0) is 18.0 Å². The number of ether oxygens (including phenoxy) is 1. The fourth-order valence-corrected chi connectivity index (χ4v) is 3.23. The van der Waals surface area contributed by atoms with E-state index < -0.39 is 11.9 Å². The van der Waals surface area contributed by atoms with Crippen LogP contribution in [0.3, 0.4) is 0 Å². The Morgan fingerprint density at radius 1 is 1.35 bits per heavy atom. The molecule has 1 aromatic heterocycles. The molecule has 128 valence electrons. The van der Waals surface area contributed by atoms with Gasteiger partial charge in [0.25, 0.3) is 0 Å².